The van der Waals surface area contributed by atoms with E-state index in [-0.39, 0.29) is 0 Å². The van der Waals surface area contributed by atoms with E-state index in [1.54, 1.807) is 0 Å². The van der Waals surface area contributed by atoms with Crippen molar-refractivity contribution in [1.82, 2.24) is 0 Å². The number of fused-ring (bicyclic) bond motifs is 1. The molecule has 1 aliphatic carbocycles. The molecule has 116 valence electrons. The Morgan fingerprint density at radius 1 is 1.14 bits per heavy atom. The van der Waals surface area contributed by atoms with Crippen LogP contribution in [-0.2, 0) is 0 Å². The maximum atomic E-state index is 10.8. The van der Waals surface area contributed by atoms with Crippen molar-refractivity contribution in [3.8, 4) is 0 Å². The van der Waals surface area contributed by atoms with E-state index in [4.69, 9.17) is 0 Å². The van der Waals surface area contributed by atoms with Gasteiger partial charge in [0.05, 0.1) is 0 Å². The second kappa shape index (κ2) is 6.55. The van der Waals surface area contributed by atoms with E-state index in [0.717, 1.165) is 39.8 Å². The Morgan fingerprint density at radius 2 is 1.82 bits per heavy atom. The molecule has 0 spiro atoms. The van der Waals surface area contributed by atoms with Crippen LogP contribution in [0.2, 0.25) is 0 Å². The van der Waals surface area contributed by atoms with E-state index in [0.29, 0.717) is 5.92 Å². The highest BCUT2D eigenvalue weighted by atomic mass is 79.9. The Kier molecular flexibility index (Phi) is 4.70. The SMILES string of the molecule is C=C(C1CCC(C)CC1)C(O)c1ccc2ccccc2c1Br. The fourth-order valence-corrected chi connectivity index (χ4v) is 4.23. The first-order chi connectivity index (χ1) is 10.6. The maximum Gasteiger partial charge on any atom is 0.101 e. The predicted octanol–water partition coefficient (Wildman–Crippen LogP) is 6.02. The second-order valence-corrected chi connectivity index (χ2v) is 7.42. The Bertz CT molecular complexity index is 683. The van der Waals surface area contributed by atoms with Crippen LogP contribution in [0.4, 0.5) is 0 Å². The van der Waals surface area contributed by atoms with Crippen molar-refractivity contribution in [3.63, 3.8) is 0 Å². The summed E-state index contributed by atoms with van der Waals surface area (Å²) < 4.78 is 0.989. The average Bonchev–Trinajstić information content (AvgIpc) is 2.55. The number of benzene rings is 2. The van der Waals surface area contributed by atoms with Gasteiger partial charge in [-0.05, 0) is 62.5 Å². The summed E-state index contributed by atoms with van der Waals surface area (Å²) >= 11 is 3.68. The van der Waals surface area contributed by atoms with Gasteiger partial charge in [-0.3, -0.25) is 0 Å². The number of aliphatic hydroxyl groups excluding tert-OH is 1. The van der Waals surface area contributed by atoms with Crippen molar-refractivity contribution < 1.29 is 5.11 Å². The molecule has 0 heterocycles. The zero-order valence-electron chi connectivity index (χ0n) is 13.1. The predicted molar refractivity (Wildman–Crippen MR) is 96.9 cm³/mol. The van der Waals surface area contributed by atoms with Crippen LogP contribution in [0.15, 0.2) is 53.0 Å². The van der Waals surface area contributed by atoms with Gasteiger partial charge in [-0.2, -0.15) is 0 Å². The third-order valence-electron chi connectivity index (χ3n) is 5.08. The third kappa shape index (κ3) is 3.00. The van der Waals surface area contributed by atoms with Crippen LogP contribution < -0.4 is 0 Å². The fourth-order valence-electron chi connectivity index (χ4n) is 3.52. The molecule has 1 nitrogen and oxygen atoms in total. The highest BCUT2D eigenvalue weighted by Crippen LogP contribution is 2.40. The summed E-state index contributed by atoms with van der Waals surface area (Å²) in [5.41, 5.74) is 1.91. The first-order valence-electron chi connectivity index (χ1n) is 8.12. The second-order valence-electron chi connectivity index (χ2n) is 6.62. The summed E-state index contributed by atoms with van der Waals surface area (Å²) in [6.45, 7) is 6.54. The summed E-state index contributed by atoms with van der Waals surface area (Å²) in [5, 5.41) is 13.1. The van der Waals surface area contributed by atoms with Crippen molar-refractivity contribution in [2.45, 2.75) is 38.7 Å². The molecule has 22 heavy (non-hydrogen) atoms. The van der Waals surface area contributed by atoms with Gasteiger partial charge in [-0.15, -0.1) is 0 Å². The van der Waals surface area contributed by atoms with Crippen LogP contribution in [0.5, 0.6) is 0 Å². The number of aliphatic hydroxyl groups is 1. The average molecular weight is 359 g/mol. The molecule has 3 rings (SSSR count). The van der Waals surface area contributed by atoms with E-state index in [9.17, 15) is 5.11 Å². The molecule has 1 atom stereocenters. The summed E-state index contributed by atoms with van der Waals surface area (Å²) in [5.74, 6) is 1.26. The van der Waals surface area contributed by atoms with Crippen LogP contribution >= 0.6 is 15.9 Å². The molecule has 0 aromatic heterocycles. The normalized spacial score (nSPS) is 23.4. The zero-order valence-corrected chi connectivity index (χ0v) is 14.6. The molecule has 1 unspecified atom stereocenters. The van der Waals surface area contributed by atoms with Gasteiger partial charge < -0.3 is 5.11 Å². The van der Waals surface area contributed by atoms with Crippen LogP contribution in [0.1, 0.15) is 44.3 Å². The molecule has 1 N–H and O–H groups in total. The van der Waals surface area contributed by atoms with Crippen molar-refractivity contribution in [3.05, 3.63) is 58.6 Å². The van der Waals surface area contributed by atoms with Crippen LogP contribution in [0, 0.1) is 11.8 Å². The van der Waals surface area contributed by atoms with Gasteiger partial charge >= 0.3 is 0 Å². The maximum absolute atomic E-state index is 10.8. The van der Waals surface area contributed by atoms with Gasteiger partial charge in [0.2, 0.25) is 0 Å². The number of hydrogen-bond acceptors (Lipinski definition) is 1. The molecule has 1 saturated carbocycles. The molecule has 0 radical (unpaired) electrons. The third-order valence-corrected chi connectivity index (χ3v) is 5.96. The minimum atomic E-state index is -0.586. The quantitative estimate of drug-likeness (QED) is 0.665. The molecule has 1 aliphatic rings. The lowest BCUT2D eigenvalue weighted by Crippen LogP contribution is -2.18. The molecule has 2 heteroatoms. The summed E-state index contributed by atoms with van der Waals surface area (Å²) in [4.78, 5) is 0. The Hall–Kier alpha value is -1.12. The minimum Gasteiger partial charge on any atom is -0.384 e. The van der Waals surface area contributed by atoms with Crippen molar-refractivity contribution in [2.75, 3.05) is 0 Å². The Morgan fingerprint density at radius 3 is 2.55 bits per heavy atom. The lowest BCUT2D eigenvalue weighted by Gasteiger charge is -2.30. The number of hydrogen-bond donors (Lipinski definition) is 1. The highest BCUT2D eigenvalue weighted by Gasteiger charge is 2.26. The van der Waals surface area contributed by atoms with Crippen molar-refractivity contribution >= 4 is 26.7 Å². The largest absolute Gasteiger partial charge is 0.384 e. The van der Waals surface area contributed by atoms with Crippen molar-refractivity contribution in [1.29, 1.82) is 0 Å². The van der Waals surface area contributed by atoms with Crippen LogP contribution in [0.25, 0.3) is 10.8 Å². The van der Waals surface area contributed by atoms with Crippen LogP contribution in [-0.4, -0.2) is 5.11 Å². The molecular formula is C20H23BrO. The van der Waals surface area contributed by atoms with E-state index in [1.807, 2.05) is 18.2 Å². The van der Waals surface area contributed by atoms with Crippen molar-refractivity contribution in [2.24, 2.45) is 11.8 Å². The molecule has 0 saturated heterocycles. The summed E-state index contributed by atoms with van der Waals surface area (Å²) in [7, 11) is 0. The molecule has 0 amide bonds. The zero-order chi connectivity index (χ0) is 15.7. The van der Waals surface area contributed by atoms with Gasteiger partial charge in [-0.25, -0.2) is 0 Å². The van der Waals surface area contributed by atoms with Gasteiger partial charge in [-0.1, -0.05) is 62.7 Å². The van der Waals surface area contributed by atoms with E-state index in [2.05, 4.69) is 47.6 Å². The Balaban J connectivity index is 1.87. The van der Waals surface area contributed by atoms with Gasteiger partial charge in [0.1, 0.15) is 6.10 Å². The lowest BCUT2D eigenvalue weighted by atomic mass is 9.77. The first kappa shape index (κ1) is 15.8. The molecular weight excluding hydrogens is 336 g/mol. The topological polar surface area (TPSA) is 20.2 Å². The van der Waals surface area contributed by atoms with E-state index >= 15 is 0 Å². The fraction of sp³-hybridized carbons (Fsp3) is 0.400. The number of halogens is 1. The smallest absolute Gasteiger partial charge is 0.101 e. The van der Waals surface area contributed by atoms with E-state index in [1.165, 1.54) is 18.2 Å². The standard InChI is InChI=1S/C20H23BrO/c1-13-7-9-15(10-8-13)14(2)20(22)18-12-11-16-5-3-4-6-17(16)19(18)21/h3-6,11-13,15,20,22H,2,7-10H2,1H3. The molecule has 2 aromatic carbocycles. The molecule has 0 bridgehead atoms. The Labute approximate surface area is 141 Å². The summed E-state index contributed by atoms with van der Waals surface area (Å²) in [6, 6.07) is 12.3. The lowest BCUT2D eigenvalue weighted by molar-refractivity contribution is 0.186. The van der Waals surface area contributed by atoms with Gasteiger partial charge in [0.25, 0.3) is 0 Å². The van der Waals surface area contributed by atoms with Gasteiger partial charge in [0, 0.05) is 4.47 Å². The first-order valence-corrected chi connectivity index (χ1v) is 8.91. The van der Waals surface area contributed by atoms with E-state index < -0.39 is 6.10 Å². The highest BCUT2D eigenvalue weighted by molar-refractivity contribution is 9.10. The molecule has 0 aliphatic heterocycles. The number of rotatable bonds is 3. The van der Waals surface area contributed by atoms with Crippen LogP contribution in [0.3, 0.4) is 0 Å². The summed E-state index contributed by atoms with van der Waals surface area (Å²) in [6.07, 6.45) is 4.21. The molecule has 2 aromatic rings. The minimum absolute atomic E-state index is 0.449. The molecule has 1 fully saturated rings. The monoisotopic (exact) mass is 358 g/mol. The van der Waals surface area contributed by atoms with Gasteiger partial charge in [0.15, 0.2) is 0 Å².